The van der Waals surface area contributed by atoms with Crippen LogP contribution in [0, 0.1) is 18.6 Å². The maximum absolute atomic E-state index is 15.0. The molecule has 4 rings (SSSR count). The summed E-state index contributed by atoms with van der Waals surface area (Å²) < 4.78 is 45.3. The Morgan fingerprint density at radius 1 is 1.09 bits per heavy atom. The third-order valence-electron chi connectivity index (χ3n) is 5.01. The second-order valence-electron chi connectivity index (χ2n) is 7.32. The third-order valence-corrected chi connectivity index (χ3v) is 5.01. The van der Waals surface area contributed by atoms with Gasteiger partial charge < -0.3 is 24.5 Å². The molecule has 0 atom stereocenters. The number of rotatable bonds is 7. The fourth-order valence-electron chi connectivity index (χ4n) is 3.34. The highest BCUT2D eigenvalue weighted by molar-refractivity contribution is 6.16. The van der Waals surface area contributed by atoms with Crippen molar-refractivity contribution >= 4 is 40.1 Å². The Morgan fingerprint density at radius 3 is 2.37 bits per heavy atom. The summed E-state index contributed by atoms with van der Waals surface area (Å²) in [4.78, 5) is 37.7. The van der Waals surface area contributed by atoms with Crippen LogP contribution in [0.1, 0.15) is 28.6 Å². The lowest BCUT2D eigenvalue weighted by Crippen LogP contribution is -2.14. The maximum atomic E-state index is 15.0. The lowest BCUT2D eigenvalue weighted by molar-refractivity contribution is -0.114. The largest absolute Gasteiger partial charge is 0.494 e. The van der Waals surface area contributed by atoms with Crippen molar-refractivity contribution < 1.29 is 32.3 Å². The number of amides is 1. The Hall–Kier alpha value is -4.61. The number of ether oxygens (including phenoxy) is 2. The van der Waals surface area contributed by atoms with Gasteiger partial charge in [-0.1, -0.05) is 0 Å². The highest BCUT2D eigenvalue weighted by atomic mass is 19.1. The highest BCUT2D eigenvalue weighted by Gasteiger charge is 2.32. The summed E-state index contributed by atoms with van der Waals surface area (Å²) in [5, 5.41) is 5.47. The first kappa shape index (κ1) is 23.5. The predicted molar refractivity (Wildman–Crippen MR) is 121 cm³/mol. The SMILES string of the molecule is COc1cc(OC)c(F)c(C(=O)c2oc3cnc(Nc4ccncc4C)nc3c2NC(C)=O)c1F. The number of aryl methyl sites for hydroxylation is 1. The smallest absolute Gasteiger partial charge is 0.236 e. The molecule has 0 saturated heterocycles. The van der Waals surface area contributed by atoms with E-state index in [2.05, 4.69) is 25.6 Å². The van der Waals surface area contributed by atoms with Crippen LogP contribution in [0.5, 0.6) is 11.5 Å². The van der Waals surface area contributed by atoms with E-state index in [9.17, 15) is 18.4 Å². The number of carbonyl (C=O) groups excluding carboxylic acids is 2. The van der Waals surface area contributed by atoms with Crippen molar-refractivity contribution in [3.8, 4) is 11.5 Å². The van der Waals surface area contributed by atoms with Gasteiger partial charge in [0.15, 0.2) is 28.7 Å². The molecule has 0 bridgehead atoms. The fourth-order valence-corrected chi connectivity index (χ4v) is 3.34. The number of carbonyl (C=O) groups is 2. The van der Waals surface area contributed by atoms with Gasteiger partial charge >= 0.3 is 0 Å². The molecule has 0 aliphatic carbocycles. The summed E-state index contributed by atoms with van der Waals surface area (Å²) in [5.74, 6) is -5.53. The van der Waals surface area contributed by atoms with Crippen LogP contribution in [-0.2, 0) is 4.79 Å². The molecule has 3 aromatic heterocycles. The van der Waals surface area contributed by atoms with Crippen LogP contribution in [0.15, 0.2) is 35.1 Å². The van der Waals surface area contributed by atoms with Crippen LogP contribution in [0.3, 0.4) is 0 Å². The van der Waals surface area contributed by atoms with Crippen LogP contribution in [0.2, 0.25) is 0 Å². The number of nitrogens with one attached hydrogen (secondary N) is 2. The van der Waals surface area contributed by atoms with Crippen molar-refractivity contribution in [3.63, 3.8) is 0 Å². The topological polar surface area (TPSA) is 128 Å². The number of nitrogens with zero attached hydrogens (tertiary/aromatic N) is 3. The number of anilines is 3. The lowest BCUT2D eigenvalue weighted by Gasteiger charge is -2.11. The number of fused-ring (bicyclic) bond motifs is 1. The van der Waals surface area contributed by atoms with Gasteiger partial charge in [-0.3, -0.25) is 14.6 Å². The summed E-state index contributed by atoms with van der Waals surface area (Å²) in [7, 11) is 2.31. The van der Waals surface area contributed by atoms with Gasteiger partial charge in [-0.15, -0.1) is 0 Å². The van der Waals surface area contributed by atoms with E-state index in [1.165, 1.54) is 13.1 Å². The van der Waals surface area contributed by atoms with Gasteiger partial charge in [0.25, 0.3) is 0 Å². The molecule has 0 unspecified atom stereocenters. The minimum atomic E-state index is -1.26. The predicted octanol–water partition coefficient (Wildman–Crippen LogP) is 4.15. The monoisotopic (exact) mass is 483 g/mol. The van der Waals surface area contributed by atoms with Crippen LogP contribution in [0.25, 0.3) is 11.1 Å². The summed E-state index contributed by atoms with van der Waals surface area (Å²) in [6, 6.07) is 2.68. The lowest BCUT2D eigenvalue weighted by atomic mass is 10.0. The minimum Gasteiger partial charge on any atom is -0.494 e. The molecule has 1 amide bonds. The Bertz CT molecular complexity index is 1440. The van der Waals surface area contributed by atoms with E-state index < -0.39 is 46.1 Å². The van der Waals surface area contributed by atoms with E-state index in [1.54, 1.807) is 18.5 Å². The average molecular weight is 483 g/mol. The number of halogens is 2. The van der Waals surface area contributed by atoms with Gasteiger partial charge in [-0.2, -0.15) is 0 Å². The zero-order valence-corrected chi connectivity index (χ0v) is 19.0. The Kier molecular flexibility index (Phi) is 6.28. The van der Waals surface area contributed by atoms with Gasteiger partial charge in [0.05, 0.1) is 20.4 Å². The molecular weight excluding hydrogens is 464 g/mol. The number of hydrogen-bond acceptors (Lipinski definition) is 9. The molecule has 0 radical (unpaired) electrons. The Morgan fingerprint density at radius 2 is 1.77 bits per heavy atom. The summed E-state index contributed by atoms with van der Waals surface area (Å²) in [6.07, 6.45) is 4.49. The molecule has 12 heteroatoms. The van der Waals surface area contributed by atoms with Crippen molar-refractivity contribution in [3.05, 3.63) is 59.2 Å². The van der Waals surface area contributed by atoms with Gasteiger partial charge in [0.2, 0.25) is 23.4 Å². The Balaban J connectivity index is 1.87. The number of aromatic nitrogens is 3. The summed E-state index contributed by atoms with van der Waals surface area (Å²) in [6.45, 7) is 3.03. The van der Waals surface area contributed by atoms with E-state index in [1.807, 2.05) is 6.92 Å². The van der Waals surface area contributed by atoms with E-state index in [0.717, 1.165) is 25.8 Å². The van der Waals surface area contributed by atoms with Gasteiger partial charge in [-0.25, -0.2) is 18.7 Å². The molecule has 1 aromatic carbocycles. The van der Waals surface area contributed by atoms with Crippen LogP contribution >= 0.6 is 0 Å². The van der Waals surface area contributed by atoms with E-state index >= 15 is 0 Å². The van der Waals surface area contributed by atoms with Crippen molar-refractivity contribution in [1.29, 1.82) is 0 Å². The standard InChI is InChI=1S/C23H19F2N5O5/c1-10-8-26-6-5-12(10)29-23-27-9-15-19(30-23)20(28-11(2)31)22(35-15)21(32)16-17(24)13(33-3)7-14(34-4)18(16)25/h5-9H,1-4H3,(H,28,31)(H,26,27,29,30). The molecule has 2 N–H and O–H groups in total. The highest BCUT2D eigenvalue weighted by Crippen LogP contribution is 2.37. The van der Waals surface area contributed by atoms with Crippen LogP contribution in [-0.4, -0.2) is 40.9 Å². The molecule has 0 saturated carbocycles. The molecule has 0 spiro atoms. The molecule has 4 aromatic rings. The second kappa shape index (κ2) is 9.33. The van der Waals surface area contributed by atoms with Crippen molar-refractivity contribution in [2.45, 2.75) is 13.8 Å². The first-order chi connectivity index (χ1) is 16.7. The quantitative estimate of drug-likeness (QED) is 0.372. The molecule has 0 aliphatic heterocycles. The molecular formula is C23H19F2N5O5. The number of methoxy groups -OCH3 is 2. The second-order valence-corrected chi connectivity index (χ2v) is 7.32. The number of ketones is 1. The number of furan rings is 1. The summed E-state index contributed by atoms with van der Waals surface area (Å²) in [5.41, 5.74) is 0.390. The van der Waals surface area contributed by atoms with Crippen molar-refractivity contribution in [1.82, 2.24) is 15.0 Å². The van der Waals surface area contributed by atoms with E-state index in [0.29, 0.717) is 5.69 Å². The molecule has 3 heterocycles. The summed E-state index contributed by atoms with van der Waals surface area (Å²) >= 11 is 0. The number of hydrogen-bond donors (Lipinski definition) is 2. The van der Waals surface area contributed by atoms with Gasteiger partial charge in [0.1, 0.15) is 16.8 Å². The van der Waals surface area contributed by atoms with Gasteiger partial charge in [0, 0.05) is 31.1 Å². The molecule has 180 valence electrons. The molecule has 35 heavy (non-hydrogen) atoms. The molecule has 10 nitrogen and oxygen atoms in total. The van der Waals surface area contributed by atoms with E-state index in [4.69, 9.17) is 13.9 Å². The van der Waals surface area contributed by atoms with E-state index in [-0.39, 0.29) is 22.7 Å². The normalized spacial score (nSPS) is 10.8. The number of pyridine rings is 1. The molecule has 0 fully saturated rings. The van der Waals surface area contributed by atoms with Gasteiger partial charge in [-0.05, 0) is 18.6 Å². The first-order valence-electron chi connectivity index (χ1n) is 10.1. The zero-order chi connectivity index (χ0) is 25.3. The van der Waals surface area contributed by atoms with Crippen LogP contribution < -0.4 is 20.1 Å². The zero-order valence-electron chi connectivity index (χ0n) is 19.0. The number of benzene rings is 1. The minimum absolute atomic E-state index is 0.00442. The van der Waals surface area contributed by atoms with Crippen molar-refractivity contribution in [2.75, 3.05) is 24.9 Å². The van der Waals surface area contributed by atoms with Crippen molar-refractivity contribution in [2.24, 2.45) is 0 Å². The maximum Gasteiger partial charge on any atom is 0.236 e. The fraction of sp³-hybridized carbons (Fsp3) is 0.174. The first-order valence-corrected chi connectivity index (χ1v) is 10.1. The Labute approximate surface area is 197 Å². The van der Waals surface area contributed by atoms with Crippen LogP contribution in [0.4, 0.5) is 26.1 Å². The average Bonchev–Trinajstić information content (AvgIpc) is 3.18. The third kappa shape index (κ3) is 4.33. The molecule has 0 aliphatic rings.